The van der Waals surface area contributed by atoms with E-state index in [0.717, 1.165) is 11.1 Å². The van der Waals surface area contributed by atoms with Gasteiger partial charge in [0.15, 0.2) is 0 Å². The molecule has 0 aliphatic heterocycles. The van der Waals surface area contributed by atoms with E-state index in [0.29, 0.717) is 16.6 Å². The van der Waals surface area contributed by atoms with Crippen molar-refractivity contribution in [2.24, 2.45) is 0 Å². The van der Waals surface area contributed by atoms with Crippen LogP contribution in [0.15, 0.2) is 58.2 Å². The Balaban J connectivity index is 2.08. The normalized spacial score (nSPS) is 11.6. The fourth-order valence-corrected chi connectivity index (χ4v) is 3.62. The van der Waals surface area contributed by atoms with Gasteiger partial charge in [0, 0.05) is 17.0 Å². The van der Waals surface area contributed by atoms with Gasteiger partial charge in [-0.3, -0.25) is 9.52 Å². The second-order valence-corrected chi connectivity index (χ2v) is 7.13. The fourth-order valence-electron chi connectivity index (χ4n) is 2.46. The smallest absolute Gasteiger partial charge is 0.261 e. The third-order valence-corrected chi connectivity index (χ3v) is 5.08. The summed E-state index contributed by atoms with van der Waals surface area (Å²) >= 11 is 0. The number of aromatic amines is 1. The van der Waals surface area contributed by atoms with Crippen molar-refractivity contribution in [2.45, 2.75) is 18.7 Å². The average Bonchev–Trinajstić information content (AvgIpc) is 2.49. The summed E-state index contributed by atoms with van der Waals surface area (Å²) in [5.41, 5.74) is 2.54. The van der Waals surface area contributed by atoms with Crippen LogP contribution in [0, 0.1) is 13.8 Å². The first-order valence-corrected chi connectivity index (χ1v) is 8.57. The number of pyridine rings is 1. The number of para-hydroxylation sites is 1. The number of fused-ring (bicyclic) bond motifs is 1. The second-order valence-electron chi connectivity index (χ2n) is 5.44. The molecule has 2 N–H and O–H groups in total. The van der Waals surface area contributed by atoms with Gasteiger partial charge in [-0.05, 0) is 49.2 Å². The van der Waals surface area contributed by atoms with Gasteiger partial charge in [0.05, 0.1) is 10.6 Å². The van der Waals surface area contributed by atoms with Crippen LogP contribution in [-0.2, 0) is 10.0 Å². The standard InChI is InChI=1S/C17H16N2O3S/c1-11-5-3-4-6-15(11)19-23(21,22)13-7-8-16-14(10-13)12(2)9-17(20)18-16/h3-10,19H,1-2H3,(H,18,20). The van der Waals surface area contributed by atoms with E-state index in [2.05, 4.69) is 9.71 Å². The summed E-state index contributed by atoms with van der Waals surface area (Å²) < 4.78 is 27.8. The van der Waals surface area contributed by atoms with Crippen molar-refractivity contribution in [3.05, 3.63) is 70.0 Å². The van der Waals surface area contributed by atoms with Crippen LogP contribution in [-0.4, -0.2) is 13.4 Å². The van der Waals surface area contributed by atoms with Crippen molar-refractivity contribution in [2.75, 3.05) is 4.72 Å². The Labute approximate surface area is 134 Å². The molecule has 3 rings (SSSR count). The predicted molar refractivity (Wildman–Crippen MR) is 91.3 cm³/mol. The molecule has 0 saturated carbocycles. The van der Waals surface area contributed by atoms with Crippen LogP contribution < -0.4 is 10.3 Å². The van der Waals surface area contributed by atoms with Crippen LogP contribution in [0.25, 0.3) is 10.9 Å². The molecule has 3 aromatic rings. The van der Waals surface area contributed by atoms with Gasteiger partial charge in [-0.15, -0.1) is 0 Å². The van der Waals surface area contributed by atoms with Crippen molar-refractivity contribution in [1.29, 1.82) is 0 Å². The number of benzene rings is 2. The van der Waals surface area contributed by atoms with Crippen molar-refractivity contribution >= 4 is 26.6 Å². The molecule has 5 nitrogen and oxygen atoms in total. The molecular weight excluding hydrogens is 312 g/mol. The third-order valence-electron chi connectivity index (χ3n) is 3.72. The summed E-state index contributed by atoms with van der Waals surface area (Å²) in [6.07, 6.45) is 0. The molecule has 0 unspecified atom stereocenters. The van der Waals surface area contributed by atoms with Crippen molar-refractivity contribution in [3.8, 4) is 0 Å². The molecule has 0 radical (unpaired) electrons. The lowest BCUT2D eigenvalue weighted by Gasteiger charge is -2.11. The predicted octanol–water partition coefficient (Wildman–Crippen LogP) is 2.95. The number of hydrogen-bond donors (Lipinski definition) is 2. The molecule has 0 aliphatic rings. The lowest BCUT2D eigenvalue weighted by molar-refractivity contribution is 0.601. The Kier molecular flexibility index (Phi) is 3.69. The van der Waals surface area contributed by atoms with Gasteiger partial charge in [-0.25, -0.2) is 8.42 Å². The van der Waals surface area contributed by atoms with E-state index >= 15 is 0 Å². The Morgan fingerprint density at radius 1 is 0.957 bits per heavy atom. The minimum absolute atomic E-state index is 0.156. The highest BCUT2D eigenvalue weighted by atomic mass is 32.2. The summed E-state index contributed by atoms with van der Waals surface area (Å²) in [4.78, 5) is 14.3. The number of aromatic nitrogens is 1. The topological polar surface area (TPSA) is 79.0 Å². The van der Waals surface area contributed by atoms with Crippen LogP contribution >= 0.6 is 0 Å². The number of hydrogen-bond acceptors (Lipinski definition) is 3. The van der Waals surface area contributed by atoms with E-state index in [-0.39, 0.29) is 10.5 Å². The number of sulfonamides is 1. The van der Waals surface area contributed by atoms with Crippen molar-refractivity contribution < 1.29 is 8.42 Å². The summed E-state index contributed by atoms with van der Waals surface area (Å²) in [7, 11) is -3.70. The Bertz CT molecular complexity index is 1050. The Morgan fingerprint density at radius 3 is 2.43 bits per heavy atom. The molecule has 0 saturated heterocycles. The maximum absolute atomic E-state index is 12.6. The zero-order valence-corrected chi connectivity index (χ0v) is 13.6. The fraction of sp³-hybridized carbons (Fsp3) is 0.118. The molecule has 0 atom stereocenters. The highest BCUT2D eigenvalue weighted by molar-refractivity contribution is 7.92. The number of anilines is 1. The van der Waals surface area contributed by atoms with Crippen LogP contribution in [0.2, 0.25) is 0 Å². The first kappa shape index (κ1) is 15.3. The van der Waals surface area contributed by atoms with Crippen molar-refractivity contribution in [3.63, 3.8) is 0 Å². The molecule has 118 valence electrons. The molecule has 0 fully saturated rings. The SMILES string of the molecule is Cc1ccccc1NS(=O)(=O)c1ccc2[nH]c(=O)cc(C)c2c1. The average molecular weight is 328 g/mol. The van der Waals surface area contributed by atoms with Crippen LogP contribution in [0.3, 0.4) is 0 Å². The minimum atomic E-state index is -3.70. The zero-order valence-electron chi connectivity index (χ0n) is 12.8. The van der Waals surface area contributed by atoms with Gasteiger partial charge in [-0.1, -0.05) is 18.2 Å². The van der Waals surface area contributed by atoms with E-state index in [4.69, 9.17) is 0 Å². The molecule has 0 spiro atoms. The van der Waals surface area contributed by atoms with Gasteiger partial charge >= 0.3 is 0 Å². The molecular formula is C17H16N2O3S. The van der Waals surface area contributed by atoms with Crippen LogP contribution in [0.5, 0.6) is 0 Å². The lowest BCUT2D eigenvalue weighted by atomic mass is 10.1. The van der Waals surface area contributed by atoms with Gasteiger partial charge in [-0.2, -0.15) is 0 Å². The van der Waals surface area contributed by atoms with E-state index in [1.54, 1.807) is 31.2 Å². The summed E-state index contributed by atoms with van der Waals surface area (Å²) in [5.74, 6) is 0. The summed E-state index contributed by atoms with van der Waals surface area (Å²) in [6.45, 7) is 3.62. The highest BCUT2D eigenvalue weighted by Crippen LogP contribution is 2.23. The van der Waals surface area contributed by atoms with Gasteiger partial charge in [0.25, 0.3) is 10.0 Å². The third kappa shape index (κ3) is 2.98. The number of H-pyrrole nitrogens is 1. The van der Waals surface area contributed by atoms with Crippen molar-refractivity contribution in [1.82, 2.24) is 4.98 Å². The quantitative estimate of drug-likeness (QED) is 0.776. The Morgan fingerprint density at radius 2 is 1.70 bits per heavy atom. The molecule has 6 heteroatoms. The second kappa shape index (κ2) is 5.55. The largest absolute Gasteiger partial charge is 0.322 e. The number of aryl methyl sites for hydroxylation is 2. The summed E-state index contributed by atoms with van der Waals surface area (Å²) in [6, 6.07) is 13.3. The molecule has 0 aliphatic carbocycles. The molecule has 1 aromatic heterocycles. The van der Waals surface area contributed by atoms with E-state index < -0.39 is 10.0 Å². The van der Waals surface area contributed by atoms with Gasteiger partial charge in [0.1, 0.15) is 0 Å². The molecule has 1 heterocycles. The monoisotopic (exact) mass is 328 g/mol. The first-order valence-electron chi connectivity index (χ1n) is 7.09. The molecule has 2 aromatic carbocycles. The number of nitrogens with one attached hydrogen (secondary N) is 2. The van der Waals surface area contributed by atoms with E-state index in [1.165, 1.54) is 12.1 Å². The maximum atomic E-state index is 12.6. The molecule has 0 amide bonds. The zero-order chi connectivity index (χ0) is 16.6. The van der Waals surface area contributed by atoms with Gasteiger partial charge < -0.3 is 4.98 Å². The Hall–Kier alpha value is -2.60. The van der Waals surface area contributed by atoms with E-state index in [9.17, 15) is 13.2 Å². The van der Waals surface area contributed by atoms with E-state index in [1.807, 2.05) is 19.1 Å². The van der Waals surface area contributed by atoms with Crippen LogP contribution in [0.4, 0.5) is 5.69 Å². The molecule has 23 heavy (non-hydrogen) atoms. The highest BCUT2D eigenvalue weighted by Gasteiger charge is 2.16. The van der Waals surface area contributed by atoms with Crippen LogP contribution in [0.1, 0.15) is 11.1 Å². The molecule has 0 bridgehead atoms. The first-order chi connectivity index (χ1) is 10.9. The van der Waals surface area contributed by atoms with Gasteiger partial charge in [0.2, 0.25) is 5.56 Å². The maximum Gasteiger partial charge on any atom is 0.261 e. The lowest BCUT2D eigenvalue weighted by Crippen LogP contribution is -2.14. The minimum Gasteiger partial charge on any atom is -0.322 e. The number of rotatable bonds is 3. The summed E-state index contributed by atoms with van der Waals surface area (Å²) in [5, 5.41) is 0.706.